The monoisotopic (exact) mass is 730 g/mol. The van der Waals surface area contributed by atoms with Crippen LogP contribution >= 0.6 is 7.82 Å². The molecule has 0 rings (SSSR count). The third kappa shape index (κ3) is 38.1. The van der Waals surface area contributed by atoms with Gasteiger partial charge in [-0.3, -0.25) is 9.36 Å². The molecular formula is C41H80NO7P. The highest BCUT2D eigenvalue weighted by molar-refractivity contribution is 7.45. The maximum atomic E-state index is 12.6. The van der Waals surface area contributed by atoms with E-state index in [1.807, 2.05) is 27.2 Å². The molecule has 0 aliphatic rings. The van der Waals surface area contributed by atoms with Crippen LogP contribution in [0.15, 0.2) is 24.5 Å². The number of ether oxygens (including phenoxy) is 2. The smallest absolute Gasteiger partial charge is 0.306 e. The average molecular weight is 730 g/mol. The van der Waals surface area contributed by atoms with Gasteiger partial charge in [0.05, 0.1) is 34.0 Å². The van der Waals surface area contributed by atoms with Gasteiger partial charge >= 0.3 is 5.97 Å². The van der Waals surface area contributed by atoms with Gasteiger partial charge in [-0.05, 0) is 51.0 Å². The van der Waals surface area contributed by atoms with E-state index in [2.05, 4.69) is 26.0 Å². The summed E-state index contributed by atoms with van der Waals surface area (Å²) in [5.41, 5.74) is 0. The molecule has 9 heteroatoms. The van der Waals surface area contributed by atoms with E-state index in [0.29, 0.717) is 11.0 Å². The van der Waals surface area contributed by atoms with E-state index >= 15 is 0 Å². The Morgan fingerprint density at radius 3 is 1.58 bits per heavy atom. The standard InChI is InChI=1S/C41H80NO7P/c1-6-8-10-12-14-16-18-20-21-22-23-25-27-29-31-33-36-46-38-40(39-48-50(44,45)47-37-35-42(3,4)5)49-41(43)34-32-30-28-26-24-19-17-15-13-11-9-7-2/h15,17,33,36,40H,6-14,16,18-32,34-35,37-39H2,1-5H3/b17-15+,36-33+/t40-/m1/s1. The molecule has 0 fully saturated rings. The molecule has 0 saturated carbocycles. The van der Waals surface area contributed by atoms with Crippen molar-refractivity contribution in [2.45, 2.75) is 187 Å². The van der Waals surface area contributed by atoms with Gasteiger partial charge in [0.15, 0.2) is 6.10 Å². The lowest BCUT2D eigenvalue weighted by Gasteiger charge is -2.28. The van der Waals surface area contributed by atoms with Gasteiger partial charge in [-0.15, -0.1) is 0 Å². The van der Waals surface area contributed by atoms with E-state index in [1.54, 1.807) is 6.26 Å². The van der Waals surface area contributed by atoms with E-state index in [0.717, 1.165) is 44.9 Å². The van der Waals surface area contributed by atoms with Crippen molar-refractivity contribution in [3.63, 3.8) is 0 Å². The van der Waals surface area contributed by atoms with Crippen molar-refractivity contribution >= 4 is 13.8 Å². The number of rotatable bonds is 38. The number of hydrogen-bond acceptors (Lipinski definition) is 7. The molecule has 8 nitrogen and oxygen atoms in total. The second-order valence-corrected chi connectivity index (χ2v) is 16.5. The fourth-order valence-corrected chi connectivity index (χ4v) is 6.29. The van der Waals surface area contributed by atoms with Gasteiger partial charge in [0, 0.05) is 6.42 Å². The van der Waals surface area contributed by atoms with Crippen molar-refractivity contribution in [3.8, 4) is 0 Å². The molecule has 0 saturated heterocycles. The Bertz CT molecular complexity index is 858. The lowest BCUT2D eigenvalue weighted by atomic mass is 10.0. The highest BCUT2D eigenvalue weighted by Gasteiger charge is 2.20. The van der Waals surface area contributed by atoms with E-state index in [9.17, 15) is 14.3 Å². The third-order valence-electron chi connectivity index (χ3n) is 8.82. The van der Waals surface area contributed by atoms with Crippen LogP contribution in [-0.4, -0.2) is 64.1 Å². The summed E-state index contributed by atoms with van der Waals surface area (Å²) in [7, 11) is 1.32. The van der Waals surface area contributed by atoms with Gasteiger partial charge in [0.1, 0.15) is 19.8 Å². The largest absolute Gasteiger partial charge is 0.756 e. The number of esters is 1. The fourth-order valence-electron chi connectivity index (χ4n) is 5.56. The molecule has 0 aromatic rings. The summed E-state index contributed by atoms with van der Waals surface area (Å²) in [6.07, 6.45) is 38.5. The number of hydrogen-bond donors (Lipinski definition) is 0. The van der Waals surface area contributed by atoms with Crippen LogP contribution in [0.2, 0.25) is 0 Å². The Balaban J connectivity index is 4.31. The first kappa shape index (κ1) is 48.8. The van der Waals surface area contributed by atoms with Gasteiger partial charge in [-0.1, -0.05) is 142 Å². The first-order chi connectivity index (χ1) is 24.1. The maximum Gasteiger partial charge on any atom is 0.306 e. The van der Waals surface area contributed by atoms with Gasteiger partial charge in [0.2, 0.25) is 0 Å². The number of nitrogens with zero attached hydrogens (tertiary/aromatic N) is 1. The molecule has 0 aromatic carbocycles. The third-order valence-corrected chi connectivity index (χ3v) is 9.78. The van der Waals surface area contributed by atoms with Crippen molar-refractivity contribution in [3.05, 3.63) is 24.5 Å². The van der Waals surface area contributed by atoms with Crippen molar-refractivity contribution < 1.29 is 37.3 Å². The highest BCUT2D eigenvalue weighted by Crippen LogP contribution is 2.38. The minimum atomic E-state index is -4.53. The number of likely N-dealkylation sites (N-methyl/N-ethyl adjacent to an activating group) is 1. The minimum Gasteiger partial charge on any atom is -0.756 e. The number of quaternary nitrogens is 1. The van der Waals surface area contributed by atoms with E-state index in [4.69, 9.17) is 18.5 Å². The van der Waals surface area contributed by atoms with Crippen molar-refractivity contribution in [2.75, 3.05) is 47.5 Å². The Hall–Kier alpha value is -1.18. The van der Waals surface area contributed by atoms with Gasteiger partial charge < -0.3 is 27.9 Å². The Morgan fingerprint density at radius 2 is 1.06 bits per heavy atom. The first-order valence-electron chi connectivity index (χ1n) is 20.6. The predicted octanol–water partition coefficient (Wildman–Crippen LogP) is 11.4. The van der Waals surface area contributed by atoms with Gasteiger partial charge in [0.25, 0.3) is 7.82 Å². The van der Waals surface area contributed by atoms with Crippen LogP contribution in [0.4, 0.5) is 0 Å². The molecular weight excluding hydrogens is 649 g/mol. The molecule has 296 valence electrons. The highest BCUT2D eigenvalue weighted by atomic mass is 31.2. The van der Waals surface area contributed by atoms with Crippen molar-refractivity contribution in [1.82, 2.24) is 0 Å². The van der Waals surface area contributed by atoms with Gasteiger partial charge in [-0.2, -0.15) is 0 Å². The molecule has 1 unspecified atom stereocenters. The lowest BCUT2D eigenvalue weighted by Crippen LogP contribution is -2.37. The van der Waals surface area contributed by atoms with Crippen LogP contribution in [-0.2, 0) is 27.9 Å². The van der Waals surface area contributed by atoms with Crippen LogP contribution < -0.4 is 4.89 Å². The second-order valence-electron chi connectivity index (χ2n) is 15.1. The number of phosphoric ester groups is 1. The SMILES string of the molecule is CCCCC/C=C/CCCCCCCC(=O)O[C@H](CO/C=C/CCCCCCCCCCCCCCCC)COP(=O)([O-])OCC[N+](C)(C)C. The molecule has 0 aromatic heterocycles. The molecule has 0 heterocycles. The molecule has 50 heavy (non-hydrogen) atoms. The number of carbonyl (C=O) groups is 1. The van der Waals surface area contributed by atoms with E-state index in [-0.39, 0.29) is 32.2 Å². The zero-order valence-electron chi connectivity index (χ0n) is 33.4. The maximum absolute atomic E-state index is 12.6. The first-order valence-corrected chi connectivity index (χ1v) is 22.1. The van der Waals surface area contributed by atoms with Crippen molar-refractivity contribution in [2.24, 2.45) is 0 Å². The van der Waals surface area contributed by atoms with Crippen LogP contribution in [0, 0.1) is 0 Å². The number of phosphoric acid groups is 1. The van der Waals surface area contributed by atoms with E-state index in [1.165, 1.54) is 116 Å². The van der Waals surface area contributed by atoms with Crippen LogP contribution in [0.3, 0.4) is 0 Å². The topological polar surface area (TPSA) is 94.1 Å². The molecule has 0 amide bonds. The summed E-state index contributed by atoms with van der Waals surface area (Å²) in [6, 6.07) is 0. The summed E-state index contributed by atoms with van der Waals surface area (Å²) in [5.74, 6) is -0.365. The van der Waals surface area contributed by atoms with E-state index < -0.39 is 13.9 Å². The zero-order chi connectivity index (χ0) is 37.0. The van der Waals surface area contributed by atoms with Crippen LogP contribution in [0.25, 0.3) is 0 Å². The average Bonchev–Trinajstić information content (AvgIpc) is 3.06. The number of allylic oxidation sites excluding steroid dienone is 3. The fraction of sp³-hybridized carbons (Fsp3) is 0.878. The summed E-state index contributed by atoms with van der Waals surface area (Å²) < 4.78 is 34.2. The number of unbranched alkanes of at least 4 members (excludes halogenated alkanes) is 22. The summed E-state index contributed by atoms with van der Waals surface area (Å²) in [4.78, 5) is 24.9. The molecule has 0 spiro atoms. The second kappa shape index (κ2) is 34.9. The molecule has 0 radical (unpaired) electrons. The quantitative estimate of drug-likeness (QED) is 0.0156. The van der Waals surface area contributed by atoms with Crippen molar-refractivity contribution in [1.29, 1.82) is 0 Å². The molecule has 0 aliphatic carbocycles. The summed E-state index contributed by atoms with van der Waals surface area (Å²) in [5, 5.41) is 0. The summed E-state index contributed by atoms with van der Waals surface area (Å²) >= 11 is 0. The molecule has 0 N–H and O–H groups in total. The van der Waals surface area contributed by atoms with Gasteiger partial charge in [-0.25, -0.2) is 0 Å². The Morgan fingerprint density at radius 1 is 0.620 bits per heavy atom. The summed E-state index contributed by atoms with van der Waals surface area (Å²) in [6.45, 7) is 4.71. The lowest BCUT2D eigenvalue weighted by molar-refractivity contribution is -0.870. The predicted molar refractivity (Wildman–Crippen MR) is 208 cm³/mol. The van der Waals surface area contributed by atoms with Crippen LogP contribution in [0.5, 0.6) is 0 Å². The molecule has 2 atom stereocenters. The Kier molecular flexibility index (Phi) is 34.1. The molecule has 0 aliphatic heterocycles. The minimum absolute atomic E-state index is 0.0163. The number of carbonyl (C=O) groups excluding carboxylic acids is 1. The molecule has 0 bridgehead atoms. The van der Waals surface area contributed by atoms with Crippen LogP contribution in [0.1, 0.15) is 181 Å². The normalized spacial score (nSPS) is 14.0. The zero-order valence-corrected chi connectivity index (χ0v) is 34.2. The Labute approximate surface area is 309 Å².